The van der Waals surface area contributed by atoms with Crippen molar-refractivity contribution < 1.29 is 5.11 Å². The van der Waals surface area contributed by atoms with Crippen molar-refractivity contribution in [2.75, 3.05) is 5.73 Å². The van der Waals surface area contributed by atoms with Gasteiger partial charge in [-0.3, -0.25) is 0 Å². The zero-order chi connectivity index (χ0) is 23.0. The number of para-hydroxylation sites is 1. The van der Waals surface area contributed by atoms with Crippen LogP contribution in [-0.2, 0) is 12.8 Å². The van der Waals surface area contributed by atoms with Crippen molar-refractivity contribution in [1.29, 1.82) is 0 Å². The summed E-state index contributed by atoms with van der Waals surface area (Å²) in [6, 6.07) is 18.9. The van der Waals surface area contributed by atoms with E-state index < -0.39 is 0 Å². The number of hydrogen-bond donors (Lipinski definition) is 2. The maximum absolute atomic E-state index is 10.2. The summed E-state index contributed by atoms with van der Waals surface area (Å²) in [4.78, 5) is 0. The number of phenols is 1. The molecule has 3 N–H and O–H groups in total. The predicted molar refractivity (Wildman–Crippen MR) is 142 cm³/mol. The fourth-order valence-electron chi connectivity index (χ4n) is 5.38. The first-order valence-corrected chi connectivity index (χ1v) is 13.0. The van der Waals surface area contributed by atoms with Gasteiger partial charge in [0.25, 0.3) is 0 Å². The number of fused-ring (bicyclic) bond motifs is 3. The molecule has 1 aliphatic carbocycles. The molecule has 0 aliphatic heterocycles. The molecular weight excluding hydrogens is 402 g/mol. The van der Waals surface area contributed by atoms with Gasteiger partial charge < -0.3 is 10.8 Å². The summed E-state index contributed by atoms with van der Waals surface area (Å²) in [7, 11) is 0. The lowest BCUT2D eigenvalue weighted by Crippen LogP contribution is -1.97. The molecule has 0 saturated heterocycles. The molecule has 0 fully saturated rings. The Morgan fingerprint density at radius 1 is 0.697 bits per heavy atom. The van der Waals surface area contributed by atoms with E-state index in [9.17, 15) is 5.11 Å². The maximum atomic E-state index is 10.2. The molecule has 33 heavy (non-hydrogen) atoms. The van der Waals surface area contributed by atoms with E-state index in [4.69, 9.17) is 5.73 Å². The number of phenolic OH excluding ortho intramolecular Hbond substituents is 1. The first kappa shape index (κ1) is 23.4. The van der Waals surface area contributed by atoms with Crippen molar-refractivity contribution in [3.63, 3.8) is 0 Å². The van der Waals surface area contributed by atoms with Crippen LogP contribution in [0.2, 0.25) is 0 Å². The Bertz CT molecular complexity index is 1070. The minimum atomic E-state index is 0.159. The van der Waals surface area contributed by atoms with E-state index >= 15 is 0 Å². The van der Waals surface area contributed by atoms with Gasteiger partial charge in [-0.1, -0.05) is 113 Å². The van der Waals surface area contributed by atoms with Gasteiger partial charge in [0, 0.05) is 5.56 Å². The highest BCUT2D eigenvalue weighted by molar-refractivity contribution is 5.90. The quantitative estimate of drug-likeness (QED) is 0.131. The third-order valence-corrected chi connectivity index (χ3v) is 7.23. The van der Waals surface area contributed by atoms with Crippen molar-refractivity contribution in [2.45, 2.75) is 84.0 Å². The van der Waals surface area contributed by atoms with Gasteiger partial charge in [-0.25, -0.2) is 0 Å². The molecule has 0 spiro atoms. The Morgan fingerprint density at radius 3 is 2.12 bits per heavy atom. The monoisotopic (exact) mass is 441 g/mol. The highest BCUT2D eigenvalue weighted by Crippen LogP contribution is 2.46. The molecule has 0 unspecified atom stereocenters. The van der Waals surface area contributed by atoms with Crippen LogP contribution in [-0.4, -0.2) is 5.11 Å². The number of anilines is 1. The Morgan fingerprint density at radius 2 is 1.36 bits per heavy atom. The molecule has 0 saturated carbocycles. The van der Waals surface area contributed by atoms with Gasteiger partial charge in [-0.15, -0.1) is 0 Å². The number of unbranched alkanes of at least 4 members (excludes halogenated alkanes) is 9. The second-order valence-corrected chi connectivity index (χ2v) is 9.63. The Kier molecular flexibility index (Phi) is 8.10. The van der Waals surface area contributed by atoms with Crippen molar-refractivity contribution in [1.82, 2.24) is 0 Å². The Labute approximate surface area is 199 Å². The molecule has 0 radical (unpaired) electrons. The average Bonchev–Trinajstić information content (AvgIpc) is 3.22. The summed E-state index contributed by atoms with van der Waals surface area (Å²) in [5, 5.41) is 10.2. The van der Waals surface area contributed by atoms with E-state index in [1.807, 2.05) is 12.1 Å². The van der Waals surface area contributed by atoms with Gasteiger partial charge in [-0.2, -0.15) is 0 Å². The third kappa shape index (κ3) is 5.43. The van der Waals surface area contributed by atoms with Crippen LogP contribution in [0.3, 0.4) is 0 Å². The minimum Gasteiger partial charge on any atom is -0.506 e. The van der Waals surface area contributed by atoms with Crippen LogP contribution in [0.5, 0.6) is 5.75 Å². The van der Waals surface area contributed by atoms with Gasteiger partial charge in [0.2, 0.25) is 0 Å². The molecule has 0 atom stereocenters. The summed E-state index contributed by atoms with van der Waals surface area (Å²) in [6.07, 6.45) is 15.7. The fourth-order valence-corrected chi connectivity index (χ4v) is 5.38. The van der Waals surface area contributed by atoms with Crippen LogP contribution < -0.4 is 5.73 Å². The largest absolute Gasteiger partial charge is 0.506 e. The molecule has 0 heterocycles. The number of nitrogens with two attached hydrogens (primary N) is 1. The van der Waals surface area contributed by atoms with Crippen LogP contribution in [0, 0.1) is 0 Å². The number of aromatic hydroxyl groups is 1. The van der Waals surface area contributed by atoms with Crippen molar-refractivity contribution >= 4 is 5.69 Å². The molecule has 2 heteroatoms. The lowest BCUT2D eigenvalue weighted by atomic mass is 9.89. The van der Waals surface area contributed by atoms with Gasteiger partial charge in [-0.05, 0) is 58.7 Å². The lowest BCUT2D eigenvalue weighted by Gasteiger charge is -2.16. The van der Waals surface area contributed by atoms with Crippen LogP contribution in [0.15, 0.2) is 54.6 Å². The summed E-state index contributed by atoms with van der Waals surface area (Å²) in [6.45, 7) is 2.28. The van der Waals surface area contributed by atoms with Crippen molar-refractivity contribution in [3.8, 4) is 28.0 Å². The van der Waals surface area contributed by atoms with Gasteiger partial charge in [0.15, 0.2) is 0 Å². The minimum absolute atomic E-state index is 0.159. The van der Waals surface area contributed by atoms with Crippen molar-refractivity contribution in [3.05, 3.63) is 71.3 Å². The fraction of sp³-hybridized carbons (Fsp3) is 0.419. The SMILES string of the molecule is CCCCCCCCCCCCc1ccc(-c2cccc(O)c2N)c2c1-c1ccccc1C2. The van der Waals surface area contributed by atoms with E-state index in [1.54, 1.807) is 6.07 Å². The van der Waals surface area contributed by atoms with Crippen LogP contribution >= 0.6 is 0 Å². The van der Waals surface area contributed by atoms with Crippen LogP contribution in [0.4, 0.5) is 5.69 Å². The molecule has 3 aromatic rings. The highest BCUT2D eigenvalue weighted by Gasteiger charge is 2.25. The van der Waals surface area contributed by atoms with Gasteiger partial charge in [0.05, 0.1) is 5.69 Å². The van der Waals surface area contributed by atoms with Crippen LogP contribution in [0.25, 0.3) is 22.3 Å². The average molecular weight is 442 g/mol. The number of hydrogen-bond acceptors (Lipinski definition) is 2. The highest BCUT2D eigenvalue weighted by atomic mass is 16.3. The Balaban J connectivity index is 1.45. The second kappa shape index (κ2) is 11.4. The van der Waals surface area contributed by atoms with E-state index in [2.05, 4.69) is 43.3 Å². The number of rotatable bonds is 12. The molecule has 0 aromatic heterocycles. The molecule has 0 amide bonds. The number of benzene rings is 3. The van der Waals surface area contributed by atoms with E-state index in [1.165, 1.54) is 92.0 Å². The molecule has 4 rings (SSSR count). The lowest BCUT2D eigenvalue weighted by molar-refractivity contribution is 0.478. The summed E-state index contributed by atoms with van der Waals surface area (Å²) < 4.78 is 0. The third-order valence-electron chi connectivity index (χ3n) is 7.23. The van der Waals surface area contributed by atoms with E-state index in [0.717, 1.165) is 24.0 Å². The number of aryl methyl sites for hydroxylation is 1. The zero-order valence-corrected chi connectivity index (χ0v) is 20.2. The zero-order valence-electron chi connectivity index (χ0n) is 20.2. The van der Waals surface area contributed by atoms with Gasteiger partial charge >= 0.3 is 0 Å². The van der Waals surface area contributed by atoms with Crippen LogP contribution in [0.1, 0.15) is 87.8 Å². The summed E-state index contributed by atoms with van der Waals surface area (Å²) in [5.74, 6) is 0.159. The van der Waals surface area contributed by atoms with Crippen molar-refractivity contribution in [2.24, 2.45) is 0 Å². The summed E-state index contributed by atoms with van der Waals surface area (Å²) in [5.41, 5.74) is 15.8. The predicted octanol–water partition coefficient (Wildman–Crippen LogP) is 8.68. The molecule has 2 nitrogen and oxygen atoms in total. The first-order valence-electron chi connectivity index (χ1n) is 13.0. The molecular formula is C31H39NO. The first-order chi connectivity index (χ1) is 16.2. The molecule has 174 valence electrons. The Hall–Kier alpha value is -2.74. The molecule has 0 bridgehead atoms. The molecule has 1 aliphatic rings. The summed E-state index contributed by atoms with van der Waals surface area (Å²) >= 11 is 0. The smallest absolute Gasteiger partial charge is 0.139 e. The van der Waals surface area contributed by atoms with E-state index in [-0.39, 0.29) is 5.75 Å². The normalized spacial score (nSPS) is 12.0. The molecule has 3 aromatic carbocycles. The number of nitrogen functional groups attached to an aromatic ring is 1. The maximum Gasteiger partial charge on any atom is 0.139 e. The second-order valence-electron chi connectivity index (χ2n) is 9.63. The van der Waals surface area contributed by atoms with Gasteiger partial charge in [0.1, 0.15) is 5.75 Å². The standard InChI is InChI=1S/C31H39NO/c1-2-3-4-5-6-7-8-9-10-11-15-23-20-21-26(27-18-14-19-29(33)31(27)32)28-22-24-16-12-13-17-25(24)30(23)28/h12-14,16-21,33H,2-11,15,22,32H2,1H3. The topological polar surface area (TPSA) is 46.2 Å². The van der Waals surface area contributed by atoms with E-state index in [0.29, 0.717) is 5.69 Å².